The number of rotatable bonds is 2. The smallest absolute Gasteiger partial charge is 0.423 e. The van der Waals surface area contributed by atoms with Crippen LogP contribution in [-0.2, 0) is 7.05 Å². The Kier molecular flexibility index (Phi) is 2.57. The lowest BCUT2D eigenvalue weighted by molar-refractivity contribution is 0.426. The highest BCUT2D eigenvalue weighted by Gasteiger charge is 2.11. The molecule has 1 heterocycles. The van der Waals surface area contributed by atoms with Gasteiger partial charge in [-0.3, -0.25) is 4.68 Å². The minimum absolute atomic E-state index is 0.471. The molecule has 0 aliphatic rings. The van der Waals surface area contributed by atoms with E-state index in [0.717, 1.165) is 11.3 Å². The zero-order chi connectivity index (χ0) is 10.8. The van der Waals surface area contributed by atoms with Crippen LogP contribution in [0, 0.1) is 0 Å². The molecule has 0 bridgehead atoms. The number of benzene rings is 1. The van der Waals surface area contributed by atoms with Crippen LogP contribution in [0.25, 0.3) is 11.3 Å². The summed E-state index contributed by atoms with van der Waals surface area (Å²) in [6.07, 6.45) is 1.84. The Morgan fingerprint density at radius 3 is 2.67 bits per heavy atom. The third kappa shape index (κ3) is 2.08. The number of hydrogen-bond donors (Lipinski definition) is 2. The summed E-state index contributed by atoms with van der Waals surface area (Å²) in [5, 5.41) is 22.3. The second-order valence-electron chi connectivity index (χ2n) is 3.37. The van der Waals surface area contributed by atoms with E-state index in [1.54, 1.807) is 22.9 Å². The van der Waals surface area contributed by atoms with E-state index < -0.39 is 7.12 Å². The van der Waals surface area contributed by atoms with Gasteiger partial charge in [0.25, 0.3) is 0 Å². The summed E-state index contributed by atoms with van der Waals surface area (Å²) >= 11 is 0. The van der Waals surface area contributed by atoms with Crippen LogP contribution in [0.15, 0.2) is 36.5 Å². The van der Waals surface area contributed by atoms with Gasteiger partial charge in [-0.25, -0.2) is 0 Å². The molecule has 76 valence electrons. The standard InChI is InChI=1S/C10H11BN2O2/c1-13-6-5-10(12-13)8-3-2-4-9(7-8)11(14)15/h2-7,14-15H,1H3. The second kappa shape index (κ2) is 3.88. The van der Waals surface area contributed by atoms with Gasteiger partial charge in [-0.1, -0.05) is 24.3 Å². The van der Waals surface area contributed by atoms with Crippen LogP contribution in [0.5, 0.6) is 0 Å². The molecule has 0 saturated heterocycles. The van der Waals surface area contributed by atoms with Crippen LogP contribution in [0.3, 0.4) is 0 Å². The zero-order valence-corrected chi connectivity index (χ0v) is 8.33. The Balaban J connectivity index is 2.41. The molecule has 0 saturated carbocycles. The van der Waals surface area contributed by atoms with Crippen LogP contribution >= 0.6 is 0 Å². The third-order valence-corrected chi connectivity index (χ3v) is 2.19. The molecule has 0 spiro atoms. The van der Waals surface area contributed by atoms with Crippen molar-refractivity contribution in [1.29, 1.82) is 0 Å². The van der Waals surface area contributed by atoms with Gasteiger partial charge in [-0.2, -0.15) is 5.10 Å². The molecular weight excluding hydrogens is 191 g/mol. The highest BCUT2D eigenvalue weighted by molar-refractivity contribution is 6.58. The van der Waals surface area contributed by atoms with Gasteiger partial charge in [-0.05, 0) is 11.5 Å². The van der Waals surface area contributed by atoms with Crippen LogP contribution in [-0.4, -0.2) is 26.9 Å². The molecule has 0 fully saturated rings. The van der Waals surface area contributed by atoms with Crippen molar-refractivity contribution in [1.82, 2.24) is 9.78 Å². The van der Waals surface area contributed by atoms with Crippen LogP contribution < -0.4 is 5.46 Å². The number of aromatic nitrogens is 2. The van der Waals surface area contributed by atoms with Gasteiger partial charge in [0.15, 0.2) is 0 Å². The number of hydrogen-bond acceptors (Lipinski definition) is 3. The lowest BCUT2D eigenvalue weighted by atomic mass is 9.79. The minimum atomic E-state index is -1.44. The molecule has 0 aliphatic heterocycles. The van der Waals surface area contributed by atoms with Gasteiger partial charge in [0.1, 0.15) is 0 Å². The second-order valence-corrected chi connectivity index (χ2v) is 3.37. The van der Waals surface area contributed by atoms with Crippen molar-refractivity contribution >= 4 is 12.6 Å². The monoisotopic (exact) mass is 202 g/mol. The molecule has 4 nitrogen and oxygen atoms in total. The first-order valence-corrected chi connectivity index (χ1v) is 4.63. The summed E-state index contributed by atoms with van der Waals surface area (Å²) in [5.41, 5.74) is 2.17. The Morgan fingerprint density at radius 1 is 1.27 bits per heavy atom. The van der Waals surface area contributed by atoms with Gasteiger partial charge >= 0.3 is 7.12 Å². The largest absolute Gasteiger partial charge is 0.488 e. The minimum Gasteiger partial charge on any atom is -0.423 e. The maximum atomic E-state index is 9.03. The van der Waals surface area contributed by atoms with Crippen molar-refractivity contribution in [3.63, 3.8) is 0 Å². The molecule has 0 atom stereocenters. The molecule has 0 aliphatic carbocycles. The molecule has 2 N–H and O–H groups in total. The number of aryl methyl sites for hydroxylation is 1. The summed E-state index contributed by atoms with van der Waals surface area (Å²) in [6, 6.07) is 8.92. The fourth-order valence-corrected chi connectivity index (χ4v) is 1.43. The van der Waals surface area contributed by atoms with E-state index in [-0.39, 0.29) is 0 Å². The molecule has 0 radical (unpaired) electrons. The van der Waals surface area contributed by atoms with Gasteiger partial charge in [0.2, 0.25) is 0 Å². The quantitative estimate of drug-likeness (QED) is 0.661. The summed E-state index contributed by atoms with van der Waals surface area (Å²) in [5.74, 6) is 0. The fraction of sp³-hybridized carbons (Fsp3) is 0.100. The van der Waals surface area contributed by atoms with Gasteiger partial charge in [-0.15, -0.1) is 0 Å². The molecule has 1 aromatic carbocycles. The van der Waals surface area contributed by atoms with E-state index in [4.69, 9.17) is 10.0 Å². The average Bonchev–Trinajstić information content (AvgIpc) is 2.65. The van der Waals surface area contributed by atoms with E-state index in [0.29, 0.717) is 5.46 Å². The Morgan fingerprint density at radius 2 is 2.07 bits per heavy atom. The topological polar surface area (TPSA) is 58.3 Å². The van der Waals surface area contributed by atoms with E-state index in [1.807, 2.05) is 25.4 Å². The SMILES string of the molecule is Cn1ccc(-c2cccc(B(O)O)c2)n1. The molecule has 2 rings (SSSR count). The van der Waals surface area contributed by atoms with Crippen LogP contribution in [0.2, 0.25) is 0 Å². The maximum absolute atomic E-state index is 9.03. The Hall–Kier alpha value is -1.59. The van der Waals surface area contributed by atoms with Crippen molar-refractivity contribution in [3.05, 3.63) is 36.5 Å². The molecule has 0 unspecified atom stereocenters. The summed E-state index contributed by atoms with van der Waals surface area (Å²) in [6.45, 7) is 0. The van der Waals surface area contributed by atoms with Crippen LogP contribution in [0.4, 0.5) is 0 Å². The van der Waals surface area contributed by atoms with Crippen molar-refractivity contribution in [2.75, 3.05) is 0 Å². The van der Waals surface area contributed by atoms with E-state index >= 15 is 0 Å². The fourth-order valence-electron chi connectivity index (χ4n) is 1.43. The number of nitrogens with zero attached hydrogens (tertiary/aromatic N) is 2. The first-order valence-electron chi connectivity index (χ1n) is 4.63. The predicted molar refractivity (Wildman–Crippen MR) is 58.5 cm³/mol. The zero-order valence-electron chi connectivity index (χ0n) is 8.33. The highest BCUT2D eigenvalue weighted by atomic mass is 16.4. The highest BCUT2D eigenvalue weighted by Crippen LogP contribution is 2.14. The van der Waals surface area contributed by atoms with E-state index in [9.17, 15) is 0 Å². The lowest BCUT2D eigenvalue weighted by Gasteiger charge is -2.01. The van der Waals surface area contributed by atoms with Gasteiger partial charge < -0.3 is 10.0 Å². The van der Waals surface area contributed by atoms with Crippen molar-refractivity contribution in [2.24, 2.45) is 7.05 Å². The molecule has 1 aromatic heterocycles. The Labute approximate surface area is 87.9 Å². The Bertz CT molecular complexity index is 468. The average molecular weight is 202 g/mol. The molecule has 2 aromatic rings. The predicted octanol–water partition coefficient (Wildman–Crippen LogP) is -0.233. The van der Waals surface area contributed by atoms with Gasteiger partial charge in [0.05, 0.1) is 5.69 Å². The molecule has 0 amide bonds. The molecular formula is C10H11BN2O2. The van der Waals surface area contributed by atoms with Crippen molar-refractivity contribution in [2.45, 2.75) is 0 Å². The van der Waals surface area contributed by atoms with Crippen molar-refractivity contribution in [3.8, 4) is 11.3 Å². The normalized spacial score (nSPS) is 10.3. The van der Waals surface area contributed by atoms with E-state index in [2.05, 4.69) is 5.10 Å². The van der Waals surface area contributed by atoms with E-state index in [1.165, 1.54) is 0 Å². The third-order valence-electron chi connectivity index (χ3n) is 2.19. The summed E-state index contributed by atoms with van der Waals surface area (Å²) in [7, 11) is 0.405. The summed E-state index contributed by atoms with van der Waals surface area (Å²) in [4.78, 5) is 0. The van der Waals surface area contributed by atoms with Crippen molar-refractivity contribution < 1.29 is 10.0 Å². The lowest BCUT2D eigenvalue weighted by Crippen LogP contribution is -2.29. The summed E-state index contributed by atoms with van der Waals surface area (Å²) < 4.78 is 1.71. The van der Waals surface area contributed by atoms with Gasteiger partial charge in [0, 0.05) is 18.8 Å². The van der Waals surface area contributed by atoms with Crippen LogP contribution in [0.1, 0.15) is 0 Å². The maximum Gasteiger partial charge on any atom is 0.488 e. The molecule has 5 heteroatoms. The first kappa shape index (κ1) is 9.95. The molecule has 15 heavy (non-hydrogen) atoms. The first-order chi connectivity index (χ1) is 7.16.